The molecule has 4 aromatic rings. The van der Waals surface area contributed by atoms with Crippen LogP contribution < -0.4 is 10.1 Å². The Bertz CT molecular complexity index is 1330. The minimum atomic E-state index is -3.76. The maximum absolute atomic E-state index is 12.6. The molecule has 1 amide bonds. The smallest absolute Gasteiger partial charge is 0.273 e. The molecule has 3 aromatic carbocycles. The first-order chi connectivity index (χ1) is 14.5. The van der Waals surface area contributed by atoms with Crippen LogP contribution in [0.1, 0.15) is 15.9 Å². The molecule has 0 saturated heterocycles. The second-order valence-corrected chi connectivity index (χ2v) is 9.21. The summed E-state index contributed by atoms with van der Waals surface area (Å²) in [6, 6.07) is 23.2. The van der Waals surface area contributed by atoms with Crippen molar-refractivity contribution in [2.24, 2.45) is 5.10 Å². The Labute approximate surface area is 177 Å². The van der Waals surface area contributed by atoms with Gasteiger partial charge in [-0.1, -0.05) is 60.7 Å². The minimum absolute atomic E-state index is 0.173. The number of rotatable bonds is 6. The number of benzene rings is 3. The van der Waals surface area contributed by atoms with Gasteiger partial charge in [0.2, 0.25) is 0 Å². The lowest BCUT2D eigenvalue weighted by Gasteiger charge is -2.10. The first-order valence-electron chi connectivity index (χ1n) is 9.01. The van der Waals surface area contributed by atoms with Crippen LogP contribution in [-0.4, -0.2) is 20.5 Å². The number of para-hydroxylation sites is 1. The van der Waals surface area contributed by atoms with Gasteiger partial charge >= 0.3 is 0 Å². The van der Waals surface area contributed by atoms with Gasteiger partial charge in [0.05, 0.1) is 17.5 Å². The molecule has 4 rings (SSSR count). The van der Waals surface area contributed by atoms with E-state index >= 15 is 0 Å². The molecule has 0 radical (unpaired) electrons. The van der Waals surface area contributed by atoms with Gasteiger partial charge < -0.3 is 0 Å². The van der Waals surface area contributed by atoms with Crippen molar-refractivity contribution in [2.75, 3.05) is 4.72 Å². The Morgan fingerprint density at radius 2 is 1.67 bits per heavy atom. The van der Waals surface area contributed by atoms with Crippen LogP contribution in [0.2, 0.25) is 0 Å². The third kappa shape index (κ3) is 4.24. The van der Waals surface area contributed by atoms with Gasteiger partial charge in [-0.05, 0) is 34.4 Å². The van der Waals surface area contributed by atoms with Crippen molar-refractivity contribution in [1.29, 1.82) is 0 Å². The number of thiophene rings is 1. The molecular formula is C22H17N3O3S2. The zero-order valence-electron chi connectivity index (χ0n) is 15.6. The fraction of sp³-hybridized carbons (Fsp3) is 0. The Hall–Kier alpha value is -3.49. The van der Waals surface area contributed by atoms with E-state index in [1.54, 1.807) is 29.8 Å². The molecule has 8 heteroatoms. The SMILES string of the molecule is O=C(NN=Cc1cccc2ccccc12)c1ccccc1NS(=O)(=O)c1cccs1. The standard InChI is InChI=1S/C22H17N3O3S2/c26-22(24-23-15-17-9-5-8-16-7-1-2-10-18(16)17)19-11-3-4-12-20(19)25-30(27,28)21-13-6-14-29-21/h1-15,25H,(H,24,26). The van der Waals surface area contributed by atoms with Gasteiger partial charge in [-0.25, -0.2) is 13.8 Å². The summed E-state index contributed by atoms with van der Waals surface area (Å²) in [5.41, 5.74) is 3.69. The molecule has 0 spiro atoms. The molecular weight excluding hydrogens is 418 g/mol. The molecule has 0 saturated carbocycles. The summed E-state index contributed by atoms with van der Waals surface area (Å²) in [4.78, 5) is 12.6. The number of carbonyl (C=O) groups excluding carboxylic acids is 1. The van der Waals surface area contributed by atoms with Crippen molar-refractivity contribution >= 4 is 49.9 Å². The van der Waals surface area contributed by atoms with Crippen molar-refractivity contribution in [3.63, 3.8) is 0 Å². The Morgan fingerprint density at radius 1 is 0.900 bits per heavy atom. The average molecular weight is 436 g/mol. The van der Waals surface area contributed by atoms with Crippen LogP contribution in [-0.2, 0) is 10.0 Å². The normalized spacial score (nSPS) is 11.6. The van der Waals surface area contributed by atoms with E-state index in [9.17, 15) is 13.2 Å². The number of amides is 1. The molecule has 0 aliphatic carbocycles. The molecule has 1 heterocycles. The van der Waals surface area contributed by atoms with E-state index in [1.165, 1.54) is 18.2 Å². The Balaban J connectivity index is 1.54. The molecule has 1 aromatic heterocycles. The Kier molecular flexibility index (Phi) is 5.60. The third-order valence-electron chi connectivity index (χ3n) is 4.37. The zero-order chi connectivity index (χ0) is 21.0. The van der Waals surface area contributed by atoms with Gasteiger partial charge in [0.25, 0.3) is 15.9 Å². The number of hydrazone groups is 1. The lowest BCUT2D eigenvalue weighted by molar-refractivity contribution is 0.0956. The highest BCUT2D eigenvalue weighted by molar-refractivity contribution is 7.94. The topological polar surface area (TPSA) is 87.6 Å². The van der Waals surface area contributed by atoms with E-state index in [1.807, 2.05) is 42.5 Å². The summed E-state index contributed by atoms with van der Waals surface area (Å²) < 4.78 is 27.6. The van der Waals surface area contributed by atoms with Crippen molar-refractivity contribution in [2.45, 2.75) is 4.21 Å². The molecule has 150 valence electrons. The molecule has 0 fully saturated rings. The fourth-order valence-electron chi connectivity index (χ4n) is 2.97. The summed E-state index contributed by atoms with van der Waals surface area (Å²) in [5.74, 6) is -0.518. The molecule has 2 N–H and O–H groups in total. The average Bonchev–Trinajstić information content (AvgIpc) is 3.30. The maximum atomic E-state index is 12.6. The predicted molar refractivity (Wildman–Crippen MR) is 121 cm³/mol. The van der Waals surface area contributed by atoms with Crippen LogP contribution in [0.5, 0.6) is 0 Å². The largest absolute Gasteiger partial charge is 0.278 e. The van der Waals surface area contributed by atoms with Gasteiger partial charge in [0, 0.05) is 5.56 Å². The second kappa shape index (κ2) is 8.48. The lowest BCUT2D eigenvalue weighted by atomic mass is 10.1. The van der Waals surface area contributed by atoms with Gasteiger partial charge in [0.1, 0.15) is 4.21 Å². The lowest BCUT2D eigenvalue weighted by Crippen LogP contribution is -2.21. The van der Waals surface area contributed by atoms with Crippen LogP contribution >= 0.6 is 11.3 Å². The number of anilines is 1. The van der Waals surface area contributed by atoms with E-state index in [-0.39, 0.29) is 15.5 Å². The second-order valence-electron chi connectivity index (χ2n) is 6.35. The first kappa shape index (κ1) is 19.8. The molecule has 0 unspecified atom stereocenters. The predicted octanol–water partition coefficient (Wildman–Crippen LogP) is 4.47. The highest BCUT2D eigenvalue weighted by Gasteiger charge is 2.19. The van der Waals surface area contributed by atoms with E-state index in [4.69, 9.17) is 0 Å². The third-order valence-corrected chi connectivity index (χ3v) is 7.13. The summed E-state index contributed by atoms with van der Waals surface area (Å²) in [6.45, 7) is 0. The van der Waals surface area contributed by atoms with Crippen LogP contribution in [0.25, 0.3) is 10.8 Å². The maximum Gasteiger partial charge on any atom is 0.273 e. The van der Waals surface area contributed by atoms with Gasteiger partial charge in [-0.15, -0.1) is 11.3 Å². The molecule has 0 aliphatic rings. The fourth-order valence-corrected chi connectivity index (χ4v) is 5.04. The Morgan fingerprint density at radius 3 is 2.50 bits per heavy atom. The van der Waals surface area contributed by atoms with Crippen molar-refractivity contribution in [3.8, 4) is 0 Å². The molecule has 0 bridgehead atoms. The minimum Gasteiger partial charge on any atom is -0.278 e. The van der Waals surface area contributed by atoms with Crippen molar-refractivity contribution in [3.05, 3.63) is 95.4 Å². The summed E-state index contributed by atoms with van der Waals surface area (Å²) in [6.07, 6.45) is 1.57. The quantitative estimate of drug-likeness (QED) is 0.346. The number of hydrogen-bond acceptors (Lipinski definition) is 5. The van der Waals surface area contributed by atoms with E-state index in [0.29, 0.717) is 0 Å². The molecule has 0 aliphatic heterocycles. The van der Waals surface area contributed by atoms with Gasteiger partial charge in [-0.2, -0.15) is 5.10 Å². The highest BCUT2D eigenvalue weighted by atomic mass is 32.2. The van der Waals surface area contributed by atoms with Gasteiger partial charge in [0.15, 0.2) is 0 Å². The number of carbonyl (C=O) groups is 1. The summed E-state index contributed by atoms with van der Waals surface area (Å²) in [5, 5.41) is 7.82. The molecule has 0 atom stereocenters. The van der Waals surface area contributed by atoms with Crippen molar-refractivity contribution < 1.29 is 13.2 Å². The van der Waals surface area contributed by atoms with E-state index in [2.05, 4.69) is 15.2 Å². The van der Waals surface area contributed by atoms with Gasteiger partial charge in [-0.3, -0.25) is 9.52 Å². The van der Waals surface area contributed by atoms with E-state index < -0.39 is 15.9 Å². The number of nitrogens with one attached hydrogen (secondary N) is 2. The monoisotopic (exact) mass is 435 g/mol. The van der Waals surface area contributed by atoms with Crippen LogP contribution in [0.4, 0.5) is 5.69 Å². The first-order valence-corrected chi connectivity index (χ1v) is 11.4. The molecule has 6 nitrogen and oxygen atoms in total. The number of nitrogens with zero attached hydrogens (tertiary/aromatic N) is 1. The number of sulfonamides is 1. The number of hydrogen-bond donors (Lipinski definition) is 2. The number of fused-ring (bicyclic) bond motifs is 1. The highest BCUT2D eigenvalue weighted by Crippen LogP contribution is 2.23. The van der Waals surface area contributed by atoms with Crippen LogP contribution in [0, 0.1) is 0 Å². The van der Waals surface area contributed by atoms with Crippen molar-refractivity contribution in [1.82, 2.24) is 5.43 Å². The summed E-state index contributed by atoms with van der Waals surface area (Å²) in [7, 11) is -3.76. The van der Waals surface area contributed by atoms with Crippen LogP contribution in [0.15, 0.2) is 93.6 Å². The van der Waals surface area contributed by atoms with E-state index in [0.717, 1.165) is 27.7 Å². The molecule has 30 heavy (non-hydrogen) atoms. The summed E-state index contributed by atoms with van der Waals surface area (Å²) >= 11 is 1.10. The van der Waals surface area contributed by atoms with Crippen LogP contribution in [0.3, 0.4) is 0 Å². The zero-order valence-corrected chi connectivity index (χ0v) is 17.3.